The topological polar surface area (TPSA) is 44.1 Å². The van der Waals surface area contributed by atoms with Gasteiger partial charge in [0, 0.05) is 7.05 Å². The molecule has 0 aliphatic carbocycles. The summed E-state index contributed by atoms with van der Waals surface area (Å²) in [5, 5.41) is 3.88. The highest BCUT2D eigenvalue weighted by atomic mass is 79.9. The Morgan fingerprint density at radius 1 is 1.31 bits per heavy atom. The van der Waals surface area contributed by atoms with E-state index in [0.717, 1.165) is 0 Å². The molecule has 0 atom stereocenters. The standard InChI is InChI=1S/C11H9BrN2O2/c1-14-11(15)10(12)9(7-13-14)16-8-5-3-2-4-6-8/h2-7H,1H3. The van der Waals surface area contributed by atoms with Crippen LogP contribution in [-0.2, 0) is 7.05 Å². The van der Waals surface area contributed by atoms with Gasteiger partial charge in [-0.15, -0.1) is 0 Å². The van der Waals surface area contributed by atoms with Crippen LogP contribution in [0.1, 0.15) is 0 Å². The monoisotopic (exact) mass is 280 g/mol. The van der Waals surface area contributed by atoms with Crippen molar-refractivity contribution in [2.45, 2.75) is 0 Å². The normalized spacial score (nSPS) is 10.1. The van der Waals surface area contributed by atoms with Crippen LogP contribution in [0.2, 0.25) is 0 Å². The molecule has 2 aromatic rings. The van der Waals surface area contributed by atoms with Gasteiger partial charge in [-0.1, -0.05) is 18.2 Å². The second-order valence-electron chi connectivity index (χ2n) is 3.17. The lowest BCUT2D eigenvalue weighted by Gasteiger charge is -2.07. The Kier molecular flexibility index (Phi) is 3.05. The quantitative estimate of drug-likeness (QED) is 0.848. The summed E-state index contributed by atoms with van der Waals surface area (Å²) in [6, 6.07) is 9.23. The Morgan fingerprint density at radius 2 is 2.00 bits per heavy atom. The predicted octanol–water partition coefficient (Wildman–Crippen LogP) is 2.34. The van der Waals surface area contributed by atoms with E-state index in [0.29, 0.717) is 16.0 Å². The minimum atomic E-state index is -0.228. The summed E-state index contributed by atoms with van der Waals surface area (Å²) < 4.78 is 7.13. The first-order chi connectivity index (χ1) is 7.68. The molecule has 0 aliphatic heterocycles. The number of nitrogens with zero attached hydrogens (tertiary/aromatic N) is 2. The van der Waals surface area contributed by atoms with Crippen LogP contribution in [0.5, 0.6) is 11.5 Å². The highest BCUT2D eigenvalue weighted by molar-refractivity contribution is 9.10. The van der Waals surface area contributed by atoms with Crippen molar-refractivity contribution in [3.63, 3.8) is 0 Å². The Labute approximate surface area is 101 Å². The minimum Gasteiger partial charge on any atom is -0.454 e. The van der Waals surface area contributed by atoms with E-state index in [4.69, 9.17) is 4.74 Å². The number of aryl methyl sites for hydroxylation is 1. The number of rotatable bonds is 2. The average molecular weight is 281 g/mol. The molecule has 0 saturated carbocycles. The van der Waals surface area contributed by atoms with Crippen molar-refractivity contribution in [2.24, 2.45) is 7.05 Å². The zero-order valence-electron chi connectivity index (χ0n) is 8.55. The van der Waals surface area contributed by atoms with Gasteiger partial charge in [0.15, 0.2) is 5.75 Å². The maximum Gasteiger partial charge on any atom is 0.284 e. The molecule has 0 radical (unpaired) electrons. The lowest BCUT2D eigenvalue weighted by molar-refractivity contribution is 0.468. The van der Waals surface area contributed by atoms with E-state index < -0.39 is 0 Å². The predicted molar refractivity (Wildman–Crippen MR) is 63.7 cm³/mol. The summed E-state index contributed by atoms with van der Waals surface area (Å²) in [5.74, 6) is 1.08. The van der Waals surface area contributed by atoms with E-state index in [-0.39, 0.29) is 5.56 Å². The molecule has 82 valence electrons. The number of halogens is 1. The van der Waals surface area contributed by atoms with Gasteiger partial charge in [0.1, 0.15) is 10.2 Å². The lowest BCUT2D eigenvalue weighted by atomic mass is 10.3. The van der Waals surface area contributed by atoms with Crippen LogP contribution >= 0.6 is 15.9 Å². The molecule has 4 nitrogen and oxygen atoms in total. The Bertz CT molecular complexity index is 552. The van der Waals surface area contributed by atoms with Crippen molar-refractivity contribution >= 4 is 15.9 Å². The van der Waals surface area contributed by atoms with E-state index in [1.807, 2.05) is 30.3 Å². The molecular formula is C11H9BrN2O2. The largest absolute Gasteiger partial charge is 0.454 e. The Morgan fingerprint density at radius 3 is 2.69 bits per heavy atom. The second kappa shape index (κ2) is 4.49. The summed E-state index contributed by atoms with van der Waals surface area (Å²) >= 11 is 3.19. The molecule has 1 aromatic heterocycles. The third-order valence-corrected chi connectivity index (χ3v) is 2.75. The van der Waals surface area contributed by atoms with Gasteiger partial charge in [0.25, 0.3) is 5.56 Å². The molecule has 1 aromatic carbocycles. The van der Waals surface area contributed by atoms with Crippen molar-refractivity contribution in [1.82, 2.24) is 9.78 Å². The van der Waals surface area contributed by atoms with E-state index in [1.54, 1.807) is 7.05 Å². The summed E-state index contributed by atoms with van der Waals surface area (Å²) in [4.78, 5) is 11.6. The summed E-state index contributed by atoms with van der Waals surface area (Å²) in [7, 11) is 1.58. The lowest BCUT2D eigenvalue weighted by Crippen LogP contribution is -2.20. The molecule has 0 bridgehead atoms. The van der Waals surface area contributed by atoms with Crippen LogP contribution < -0.4 is 10.3 Å². The minimum absolute atomic E-state index is 0.228. The molecule has 0 amide bonds. The van der Waals surface area contributed by atoms with Crippen molar-refractivity contribution in [2.75, 3.05) is 0 Å². The van der Waals surface area contributed by atoms with E-state index in [1.165, 1.54) is 10.9 Å². The molecular weight excluding hydrogens is 272 g/mol. The number of hydrogen-bond acceptors (Lipinski definition) is 3. The van der Waals surface area contributed by atoms with Gasteiger partial charge in [-0.3, -0.25) is 4.79 Å². The van der Waals surface area contributed by atoms with Gasteiger partial charge >= 0.3 is 0 Å². The molecule has 0 unspecified atom stereocenters. The molecule has 2 rings (SSSR count). The number of hydrogen-bond donors (Lipinski definition) is 0. The molecule has 0 saturated heterocycles. The molecule has 5 heteroatoms. The first kappa shape index (κ1) is 10.9. The third kappa shape index (κ3) is 2.14. The maximum absolute atomic E-state index is 11.6. The molecule has 0 aliphatic rings. The number of benzene rings is 1. The van der Waals surface area contributed by atoms with E-state index in [9.17, 15) is 4.79 Å². The van der Waals surface area contributed by atoms with Crippen molar-refractivity contribution in [1.29, 1.82) is 0 Å². The van der Waals surface area contributed by atoms with E-state index in [2.05, 4.69) is 21.0 Å². The van der Waals surface area contributed by atoms with Crippen LogP contribution in [-0.4, -0.2) is 9.78 Å². The average Bonchev–Trinajstić information content (AvgIpc) is 2.31. The number of ether oxygens (including phenoxy) is 1. The first-order valence-electron chi connectivity index (χ1n) is 4.63. The smallest absolute Gasteiger partial charge is 0.284 e. The number of aromatic nitrogens is 2. The SMILES string of the molecule is Cn1ncc(Oc2ccccc2)c(Br)c1=O. The molecule has 16 heavy (non-hydrogen) atoms. The van der Waals surface area contributed by atoms with Crippen molar-refractivity contribution in [3.05, 3.63) is 51.4 Å². The zero-order valence-corrected chi connectivity index (χ0v) is 10.1. The van der Waals surface area contributed by atoms with Crippen LogP contribution in [0.25, 0.3) is 0 Å². The van der Waals surface area contributed by atoms with Gasteiger partial charge in [-0.05, 0) is 28.1 Å². The van der Waals surface area contributed by atoms with Crippen molar-refractivity contribution < 1.29 is 4.74 Å². The van der Waals surface area contributed by atoms with Gasteiger partial charge in [-0.2, -0.15) is 5.10 Å². The Balaban J connectivity index is 2.37. The van der Waals surface area contributed by atoms with Gasteiger partial charge in [0.2, 0.25) is 0 Å². The van der Waals surface area contributed by atoms with E-state index >= 15 is 0 Å². The van der Waals surface area contributed by atoms with Gasteiger partial charge in [0.05, 0.1) is 6.20 Å². The van der Waals surface area contributed by atoms with Crippen LogP contribution in [0.4, 0.5) is 0 Å². The highest BCUT2D eigenvalue weighted by Crippen LogP contribution is 2.25. The van der Waals surface area contributed by atoms with Crippen LogP contribution in [0.3, 0.4) is 0 Å². The summed E-state index contributed by atoms with van der Waals surface area (Å²) in [6.07, 6.45) is 1.50. The summed E-state index contributed by atoms with van der Waals surface area (Å²) in [5.41, 5.74) is -0.228. The van der Waals surface area contributed by atoms with Crippen LogP contribution in [0, 0.1) is 0 Å². The van der Waals surface area contributed by atoms with Crippen LogP contribution in [0.15, 0.2) is 45.8 Å². The van der Waals surface area contributed by atoms with Gasteiger partial charge < -0.3 is 4.74 Å². The first-order valence-corrected chi connectivity index (χ1v) is 5.42. The number of para-hydroxylation sites is 1. The maximum atomic E-state index is 11.6. The van der Waals surface area contributed by atoms with Gasteiger partial charge in [-0.25, -0.2) is 4.68 Å². The summed E-state index contributed by atoms with van der Waals surface area (Å²) in [6.45, 7) is 0. The highest BCUT2D eigenvalue weighted by Gasteiger charge is 2.08. The molecule has 0 fully saturated rings. The molecule has 0 spiro atoms. The fourth-order valence-electron chi connectivity index (χ4n) is 1.18. The molecule has 1 heterocycles. The fraction of sp³-hybridized carbons (Fsp3) is 0.0909. The second-order valence-corrected chi connectivity index (χ2v) is 3.96. The third-order valence-electron chi connectivity index (χ3n) is 2.02. The zero-order chi connectivity index (χ0) is 11.5. The fourth-order valence-corrected chi connectivity index (χ4v) is 1.62. The molecule has 0 N–H and O–H groups in total. The Hall–Kier alpha value is -1.62. The van der Waals surface area contributed by atoms with Crippen molar-refractivity contribution in [3.8, 4) is 11.5 Å².